The Hall–Kier alpha value is -3.95. The third-order valence-corrected chi connectivity index (χ3v) is 6.78. The largest absolute Gasteiger partial charge is 0.477 e. The maximum absolute atomic E-state index is 13.8. The fourth-order valence-electron chi connectivity index (χ4n) is 4.64. The number of fused-ring (bicyclic) bond motifs is 1. The van der Waals surface area contributed by atoms with E-state index in [0.717, 1.165) is 28.7 Å². The Kier molecular flexibility index (Phi) is 6.34. The number of ether oxygens (including phenoxy) is 1. The third-order valence-electron chi connectivity index (χ3n) is 6.78. The molecule has 5 rings (SSSR count). The van der Waals surface area contributed by atoms with E-state index < -0.39 is 0 Å². The summed E-state index contributed by atoms with van der Waals surface area (Å²) in [6, 6.07) is 5.79. The van der Waals surface area contributed by atoms with Crippen LogP contribution in [0.3, 0.4) is 0 Å². The molecule has 1 saturated heterocycles. The molecular formula is C26H31N7O3. The average Bonchev–Trinajstić information content (AvgIpc) is 3.44. The van der Waals surface area contributed by atoms with E-state index in [1.807, 2.05) is 50.8 Å². The molecule has 1 fully saturated rings. The topological polar surface area (TPSA) is 102 Å². The van der Waals surface area contributed by atoms with Crippen LogP contribution in [0.1, 0.15) is 47.5 Å². The highest BCUT2D eigenvalue weighted by Crippen LogP contribution is 2.33. The molecule has 4 heterocycles. The van der Waals surface area contributed by atoms with Gasteiger partial charge in [0.15, 0.2) is 0 Å². The van der Waals surface area contributed by atoms with Crippen LogP contribution in [0.25, 0.3) is 16.8 Å². The van der Waals surface area contributed by atoms with Crippen LogP contribution in [-0.4, -0.2) is 68.1 Å². The number of carbonyl (C=O) groups is 1. The molecule has 0 spiro atoms. The van der Waals surface area contributed by atoms with E-state index in [2.05, 4.69) is 22.0 Å². The minimum atomic E-state index is -0.0380. The van der Waals surface area contributed by atoms with E-state index in [1.165, 1.54) is 4.80 Å². The summed E-state index contributed by atoms with van der Waals surface area (Å²) in [5, 5.41) is 9.29. The van der Waals surface area contributed by atoms with Crippen molar-refractivity contribution < 1.29 is 13.9 Å². The molecule has 1 amide bonds. The zero-order valence-corrected chi connectivity index (χ0v) is 21.4. The van der Waals surface area contributed by atoms with Gasteiger partial charge >= 0.3 is 0 Å². The van der Waals surface area contributed by atoms with E-state index >= 15 is 0 Å². The van der Waals surface area contributed by atoms with Crippen LogP contribution in [0.5, 0.6) is 5.88 Å². The first kappa shape index (κ1) is 23.8. The van der Waals surface area contributed by atoms with E-state index in [-0.39, 0.29) is 11.9 Å². The summed E-state index contributed by atoms with van der Waals surface area (Å²) in [5.74, 6) is 1.86. The Balaban J connectivity index is 1.44. The lowest BCUT2D eigenvalue weighted by atomic mass is 10.1. The van der Waals surface area contributed by atoms with Crippen molar-refractivity contribution in [2.75, 3.05) is 31.1 Å². The quantitative estimate of drug-likeness (QED) is 0.416. The molecule has 0 unspecified atom stereocenters. The monoisotopic (exact) mass is 489 g/mol. The minimum absolute atomic E-state index is 0.0321. The summed E-state index contributed by atoms with van der Waals surface area (Å²) in [6.45, 7) is 12.2. The van der Waals surface area contributed by atoms with Gasteiger partial charge < -0.3 is 19.0 Å². The summed E-state index contributed by atoms with van der Waals surface area (Å²) in [4.78, 5) is 28.8. The maximum atomic E-state index is 13.8. The molecular weight excluding hydrogens is 458 g/mol. The highest BCUT2D eigenvalue weighted by molar-refractivity contribution is 5.98. The van der Waals surface area contributed by atoms with Crippen molar-refractivity contribution in [3.05, 3.63) is 53.0 Å². The predicted octanol–water partition coefficient (Wildman–Crippen LogP) is 3.87. The van der Waals surface area contributed by atoms with Crippen LogP contribution in [0.4, 0.5) is 5.95 Å². The van der Waals surface area contributed by atoms with Crippen molar-refractivity contribution in [1.82, 2.24) is 29.9 Å². The molecule has 188 valence electrons. The smallest absolute Gasteiger partial charge is 0.256 e. The highest BCUT2D eigenvalue weighted by atomic mass is 16.5. The number of aromatic nitrogens is 5. The van der Waals surface area contributed by atoms with Gasteiger partial charge in [0.05, 0.1) is 30.3 Å². The van der Waals surface area contributed by atoms with Crippen LogP contribution in [-0.2, 0) is 0 Å². The molecule has 3 aromatic heterocycles. The molecule has 1 aromatic carbocycles. The first-order chi connectivity index (χ1) is 17.4. The number of rotatable bonds is 5. The Morgan fingerprint density at radius 1 is 1.11 bits per heavy atom. The van der Waals surface area contributed by atoms with Crippen molar-refractivity contribution in [1.29, 1.82) is 0 Å². The van der Waals surface area contributed by atoms with Gasteiger partial charge in [-0.15, -0.1) is 0 Å². The summed E-state index contributed by atoms with van der Waals surface area (Å²) in [5.41, 5.74) is 3.78. The number of nitrogens with zero attached hydrogens (tertiary/aromatic N) is 7. The van der Waals surface area contributed by atoms with Gasteiger partial charge in [-0.05, 0) is 53.2 Å². The van der Waals surface area contributed by atoms with Crippen LogP contribution >= 0.6 is 0 Å². The summed E-state index contributed by atoms with van der Waals surface area (Å²) in [6.07, 6.45) is 3.99. The second-order valence-corrected chi connectivity index (χ2v) is 9.19. The summed E-state index contributed by atoms with van der Waals surface area (Å²) >= 11 is 0. The van der Waals surface area contributed by atoms with E-state index in [4.69, 9.17) is 19.1 Å². The number of aryl methyl sites for hydroxylation is 3. The number of hydrogen-bond acceptors (Lipinski definition) is 8. The molecule has 0 aliphatic carbocycles. The molecule has 4 aromatic rings. The summed E-state index contributed by atoms with van der Waals surface area (Å²) < 4.78 is 11.8. The Labute approximate surface area is 209 Å². The van der Waals surface area contributed by atoms with Crippen LogP contribution in [0.2, 0.25) is 0 Å². The van der Waals surface area contributed by atoms with E-state index in [1.54, 1.807) is 12.4 Å². The zero-order chi connectivity index (χ0) is 25.4. The molecule has 1 aliphatic rings. The van der Waals surface area contributed by atoms with Crippen molar-refractivity contribution >= 4 is 23.0 Å². The lowest BCUT2D eigenvalue weighted by Gasteiger charge is -2.27. The Bertz CT molecular complexity index is 1400. The van der Waals surface area contributed by atoms with Gasteiger partial charge in [-0.3, -0.25) is 4.79 Å². The molecule has 0 N–H and O–H groups in total. The molecule has 0 radical (unpaired) electrons. The first-order valence-corrected chi connectivity index (χ1v) is 12.3. The molecule has 0 saturated carbocycles. The van der Waals surface area contributed by atoms with Crippen LogP contribution < -0.4 is 9.64 Å². The number of benzene rings is 1. The number of furan rings is 1. The van der Waals surface area contributed by atoms with Gasteiger partial charge in [0.1, 0.15) is 11.1 Å². The number of amides is 1. The number of anilines is 1. The van der Waals surface area contributed by atoms with Crippen LogP contribution in [0.15, 0.2) is 35.0 Å². The maximum Gasteiger partial charge on any atom is 0.256 e. The lowest BCUT2D eigenvalue weighted by Crippen LogP contribution is -2.40. The van der Waals surface area contributed by atoms with Gasteiger partial charge in [-0.2, -0.15) is 25.0 Å². The molecule has 10 nitrogen and oxygen atoms in total. The van der Waals surface area contributed by atoms with Crippen molar-refractivity contribution in [3.63, 3.8) is 0 Å². The van der Waals surface area contributed by atoms with Gasteiger partial charge in [0, 0.05) is 31.2 Å². The SMILES string of the molecule is CCOc1nc(N2CC[C@H](C)N(C(=O)c3cc(C)ccc3-n3nccn3)CC2)nc2oc(C)c(C)c12. The fourth-order valence-corrected chi connectivity index (χ4v) is 4.64. The van der Waals surface area contributed by atoms with Crippen molar-refractivity contribution in [3.8, 4) is 11.6 Å². The highest BCUT2D eigenvalue weighted by Gasteiger charge is 2.29. The molecule has 1 aliphatic heterocycles. The molecule has 0 bridgehead atoms. The summed E-state index contributed by atoms with van der Waals surface area (Å²) in [7, 11) is 0. The first-order valence-electron chi connectivity index (χ1n) is 12.3. The lowest BCUT2D eigenvalue weighted by molar-refractivity contribution is 0.0704. The Morgan fingerprint density at radius 3 is 2.64 bits per heavy atom. The second kappa shape index (κ2) is 9.60. The standard InChI is InChI=1S/C26H31N7O3/c1-6-35-23-22-18(4)19(5)36-24(22)30-26(29-23)31-12-9-17(3)32(14-13-31)25(34)20-15-16(2)7-8-21(20)33-27-10-11-28-33/h7-8,10-11,15,17H,6,9,12-14H2,1-5H3/t17-/m0/s1. The fraction of sp³-hybridized carbons (Fsp3) is 0.423. The predicted molar refractivity (Wildman–Crippen MR) is 136 cm³/mol. The second-order valence-electron chi connectivity index (χ2n) is 9.19. The zero-order valence-electron chi connectivity index (χ0n) is 21.4. The number of hydrogen-bond donors (Lipinski definition) is 0. The average molecular weight is 490 g/mol. The van der Waals surface area contributed by atoms with Gasteiger partial charge in [-0.1, -0.05) is 11.6 Å². The van der Waals surface area contributed by atoms with Gasteiger partial charge in [0.2, 0.25) is 17.5 Å². The van der Waals surface area contributed by atoms with Crippen LogP contribution in [0, 0.1) is 20.8 Å². The van der Waals surface area contributed by atoms with Gasteiger partial charge in [0.25, 0.3) is 5.91 Å². The third kappa shape index (κ3) is 4.27. The van der Waals surface area contributed by atoms with Crippen molar-refractivity contribution in [2.24, 2.45) is 0 Å². The Morgan fingerprint density at radius 2 is 1.89 bits per heavy atom. The van der Waals surface area contributed by atoms with Gasteiger partial charge in [-0.25, -0.2) is 0 Å². The molecule has 10 heteroatoms. The molecule has 1 atom stereocenters. The van der Waals surface area contributed by atoms with Crippen molar-refractivity contribution in [2.45, 2.75) is 47.1 Å². The van der Waals surface area contributed by atoms with E-state index in [9.17, 15) is 4.79 Å². The number of carbonyl (C=O) groups excluding carboxylic acids is 1. The molecule has 36 heavy (non-hydrogen) atoms. The normalized spacial score (nSPS) is 16.4. The minimum Gasteiger partial charge on any atom is -0.477 e. The van der Waals surface area contributed by atoms with E-state index in [0.29, 0.717) is 55.0 Å².